The summed E-state index contributed by atoms with van der Waals surface area (Å²) in [6.07, 6.45) is 7.62. The van der Waals surface area contributed by atoms with Gasteiger partial charge in [0.2, 0.25) is 17.7 Å². The third-order valence-corrected chi connectivity index (χ3v) is 9.06. The number of carbonyl (C=O) groups excluding carboxylic acids is 3. The zero-order valence-corrected chi connectivity index (χ0v) is 25.0. The number of nitrogens with zero attached hydrogens (tertiary/aromatic N) is 3. The second-order valence-electron chi connectivity index (χ2n) is 12.4. The van der Waals surface area contributed by atoms with Gasteiger partial charge in [-0.05, 0) is 51.9 Å². The van der Waals surface area contributed by atoms with Gasteiger partial charge in [0.15, 0.2) is 0 Å². The topological polar surface area (TPSA) is 90.4 Å². The van der Waals surface area contributed by atoms with Crippen molar-refractivity contribution in [1.82, 2.24) is 14.7 Å². The Labute approximate surface area is 235 Å². The summed E-state index contributed by atoms with van der Waals surface area (Å²) in [5.41, 5.74) is -1.94. The van der Waals surface area contributed by atoms with Crippen LogP contribution in [0.1, 0.15) is 80.1 Å². The predicted octanol–water partition coefficient (Wildman–Crippen LogP) is 3.79. The number of fused-ring (bicyclic) bond motifs is 1. The summed E-state index contributed by atoms with van der Waals surface area (Å²) in [6.45, 7) is 20.9. The number of hydrogen-bond acceptors (Lipinski definition) is 5. The largest absolute Gasteiger partial charge is 0.394 e. The quantitative estimate of drug-likeness (QED) is 0.316. The van der Waals surface area contributed by atoms with Crippen molar-refractivity contribution in [2.45, 2.75) is 109 Å². The van der Waals surface area contributed by atoms with Crippen molar-refractivity contribution in [1.29, 1.82) is 0 Å². The van der Waals surface area contributed by atoms with Gasteiger partial charge in [0.25, 0.3) is 0 Å². The average molecular weight is 546 g/mol. The molecule has 3 amide bonds. The zero-order chi connectivity index (χ0) is 29.1. The molecule has 0 radical (unpaired) electrons. The number of amides is 3. The Balaban J connectivity index is 2.16. The van der Waals surface area contributed by atoms with Crippen LogP contribution < -0.4 is 0 Å². The summed E-state index contributed by atoms with van der Waals surface area (Å²) < 4.78 is 6.82. The third kappa shape index (κ3) is 5.43. The van der Waals surface area contributed by atoms with Crippen LogP contribution in [0, 0.1) is 17.8 Å². The van der Waals surface area contributed by atoms with E-state index >= 15 is 0 Å². The van der Waals surface area contributed by atoms with E-state index in [4.69, 9.17) is 4.74 Å². The van der Waals surface area contributed by atoms with Crippen LogP contribution in [-0.2, 0) is 19.1 Å². The van der Waals surface area contributed by atoms with Crippen LogP contribution in [0.15, 0.2) is 25.3 Å². The lowest BCUT2D eigenvalue weighted by atomic mass is 9.66. The molecule has 2 bridgehead atoms. The van der Waals surface area contributed by atoms with Gasteiger partial charge in [0, 0.05) is 25.7 Å². The molecule has 1 spiro atoms. The van der Waals surface area contributed by atoms with Gasteiger partial charge in [-0.15, -0.1) is 13.2 Å². The molecule has 3 rings (SSSR count). The van der Waals surface area contributed by atoms with E-state index in [2.05, 4.69) is 20.1 Å². The molecule has 8 heteroatoms. The van der Waals surface area contributed by atoms with Crippen LogP contribution in [0.25, 0.3) is 0 Å². The fraction of sp³-hybridized carbons (Fsp3) is 0.774. The van der Waals surface area contributed by atoms with Crippen molar-refractivity contribution in [3.8, 4) is 0 Å². The number of aliphatic hydroxyl groups excluding tert-OH is 1. The van der Waals surface area contributed by atoms with Crippen LogP contribution in [-0.4, -0.2) is 93.1 Å². The predicted molar refractivity (Wildman–Crippen MR) is 153 cm³/mol. The third-order valence-electron chi connectivity index (χ3n) is 9.06. The normalized spacial score (nSPS) is 30.8. The molecule has 0 aromatic rings. The van der Waals surface area contributed by atoms with Crippen LogP contribution in [0.4, 0.5) is 0 Å². The van der Waals surface area contributed by atoms with Crippen molar-refractivity contribution >= 4 is 17.7 Å². The Morgan fingerprint density at radius 2 is 1.79 bits per heavy atom. The Kier molecular flexibility index (Phi) is 10.1. The van der Waals surface area contributed by atoms with Crippen molar-refractivity contribution in [3.63, 3.8) is 0 Å². The lowest BCUT2D eigenvalue weighted by molar-refractivity contribution is -0.157. The van der Waals surface area contributed by atoms with E-state index in [-0.39, 0.29) is 36.3 Å². The summed E-state index contributed by atoms with van der Waals surface area (Å²) in [7, 11) is 0. The Hall–Kier alpha value is -2.19. The summed E-state index contributed by atoms with van der Waals surface area (Å²) >= 11 is 0. The summed E-state index contributed by atoms with van der Waals surface area (Å²) in [4.78, 5) is 48.4. The van der Waals surface area contributed by atoms with E-state index in [0.717, 1.165) is 19.3 Å². The number of hydrogen-bond donors (Lipinski definition) is 1. The number of rotatable bonds is 15. The van der Waals surface area contributed by atoms with Crippen molar-refractivity contribution < 1.29 is 24.2 Å². The number of aliphatic hydroxyl groups is 1. The highest BCUT2D eigenvalue weighted by Gasteiger charge is 2.78. The van der Waals surface area contributed by atoms with E-state index in [1.165, 1.54) is 0 Å². The maximum atomic E-state index is 14.6. The molecule has 0 aromatic heterocycles. The SMILES string of the molecule is C=CCN(CCC)C(=O)[C@H]1[C@H]2C(=O)N([C@@H](CO)CC(C)C)C(C(=O)N(CC=C)C(C)CCC)C23CC[C@]1(C)O3. The second-order valence-corrected chi connectivity index (χ2v) is 12.4. The molecular weight excluding hydrogens is 494 g/mol. The van der Waals surface area contributed by atoms with Gasteiger partial charge in [0.1, 0.15) is 11.6 Å². The second kappa shape index (κ2) is 12.5. The first kappa shape index (κ1) is 31.3. The van der Waals surface area contributed by atoms with E-state index < -0.39 is 35.1 Å². The molecule has 3 heterocycles. The van der Waals surface area contributed by atoms with Crippen LogP contribution >= 0.6 is 0 Å². The molecule has 220 valence electrons. The van der Waals surface area contributed by atoms with E-state index in [1.54, 1.807) is 26.9 Å². The molecule has 7 atom stereocenters. The van der Waals surface area contributed by atoms with E-state index in [9.17, 15) is 19.5 Å². The van der Waals surface area contributed by atoms with Gasteiger partial charge in [-0.1, -0.05) is 46.3 Å². The van der Waals surface area contributed by atoms with E-state index in [0.29, 0.717) is 38.9 Å². The molecule has 3 fully saturated rings. The summed E-state index contributed by atoms with van der Waals surface area (Å²) in [5.74, 6) is -1.79. The molecule has 3 saturated heterocycles. The maximum absolute atomic E-state index is 14.6. The Morgan fingerprint density at radius 1 is 1.13 bits per heavy atom. The van der Waals surface area contributed by atoms with Crippen LogP contribution in [0.5, 0.6) is 0 Å². The van der Waals surface area contributed by atoms with Gasteiger partial charge in [-0.3, -0.25) is 14.4 Å². The Bertz CT molecular complexity index is 937. The zero-order valence-electron chi connectivity index (χ0n) is 25.0. The van der Waals surface area contributed by atoms with Crippen molar-refractivity contribution in [3.05, 3.63) is 25.3 Å². The number of carbonyl (C=O) groups is 3. The first-order valence-electron chi connectivity index (χ1n) is 14.9. The highest BCUT2D eigenvalue weighted by atomic mass is 16.5. The molecule has 3 unspecified atom stereocenters. The van der Waals surface area contributed by atoms with Gasteiger partial charge < -0.3 is 24.5 Å². The average Bonchev–Trinajstić information content (AvgIpc) is 3.45. The van der Waals surface area contributed by atoms with Gasteiger partial charge >= 0.3 is 0 Å². The van der Waals surface area contributed by atoms with Crippen molar-refractivity contribution in [2.75, 3.05) is 26.2 Å². The number of likely N-dealkylation sites (tertiary alicyclic amines) is 1. The highest BCUT2D eigenvalue weighted by molar-refractivity contribution is 5.99. The molecule has 0 saturated carbocycles. The fourth-order valence-electron chi connectivity index (χ4n) is 7.50. The Morgan fingerprint density at radius 3 is 2.33 bits per heavy atom. The van der Waals surface area contributed by atoms with Crippen LogP contribution in [0.2, 0.25) is 0 Å². The molecule has 39 heavy (non-hydrogen) atoms. The molecule has 1 N–H and O–H groups in total. The summed E-state index contributed by atoms with van der Waals surface area (Å²) in [5, 5.41) is 10.5. The molecule has 3 aliphatic heterocycles. The molecular formula is C31H51N3O5. The minimum absolute atomic E-state index is 0.0511. The lowest BCUT2D eigenvalue weighted by Crippen LogP contribution is -2.60. The van der Waals surface area contributed by atoms with Crippen LogP contribution in [0.3, 0.4) is 0 Å². The maximum Gasteiger partial charge on any atom is 0.248 e. The van der Waals surface area contributed by atoms with Gasteiger partial charge in [-0.2, -0.15) is 0 Å². The van der Waals surface area contributed by atoms with Gasteiger partial charge in [-0.25, -0.2) is 0 Å². The molecule has 8 nitrogen and oxygen atoms in total. The minimum Gasteiger partial charge on any atom is -0.394 e. The summed E-state index contributed by atoms with van der Waals surface area (Å²) in [6, 6.07) is -1.49. The first-order valence-corrected chi connectivity index (χ1v) is 14.9. The molecule has 3 aliphatic rings. The van der Waals surface area contributed by atoms with E-state index in [1.807, 2.05) is 34.6 Å². The minimum atomic E-state index is -1.11. The number of ether oxygens (including phenoxy) is 1. The van der Waals surface area contributed by atoms with Gasteiger partial charge in [0.05, 0.1) is 30.1 Å². The monoisotopic (exact) mass is 545 g/mol. The first-order chi connectivity index (χ1) is 18.5. The standard InChI is InChI=1S/C31H51N3O5/c1-9-13-22(7)33(18-12-4)29(38)26-31-15-14-30(8,39-31)24(27(36)32(16-10-2)17-11-3)25(31)28(37)34(26)23(20-35)19-21(5)6/h10,12,21-26,35H,2,4,9,11,13-20H2,1,3,5-8H3/t22?,23-,24-,25+,26?,30+,31?/m1/s1. The molecule has 0 aliphatic carbocycles. The highest BCUT2D eigenvalue weighted by Crippen LogP contribution is 2.64. The van der Waals surface area contributed by atoms with Crippen molar-refractivity contribution in [2.24, 2.45) is 17.8 Å². The fourth-order valence-corrected chi connectivity index (χ4v) is 7.50. The molecule has 0 aromatic carbocycles. The smallest absolute Gasteiger partial charge is 0.248 e. The lowest BCUT2D eigenvalue weighted by Gasteiger charge is -2.41.